The lowest BCUT2D eigenvalue weighted by molar-refractivity contribution is 0.556. The fraction of sp³-hybridized carbons (Fsp3) is 0.0769. The Morgan fingerprint density at radius 2 is 0.929 bits per heavy atom. The maximum absolute atomic E-state index is 6.16. The molecule has 6 rings (SSSR count). The van der Waals surface area contributed by atoms with Gasteiger partial charge in [0, 0.05) is 5.69 Å². The molecule has 0 fully saturated rings. The predicted molar refractivity (Wildman–Crippen MR) is 115 cm³/mol. The van der Waals surface area contributed by atoms with E-state index < -0.39 is 0 Å². The largest absolute Gasteiger partial charge is 0.399 e. The van der Waals surface area contributed by atoms with Gasteiger partial charge in [-0.1, -0.05) is 78.9 Å². The minimum Gasteiger partial charge on any atom is -0.399 e. The molecule has 0 heterocycles. The standard InChI is InChI=1S/C26H20N2/c27-16-13-14-20-19-9-3-6-12-23(19)26(24(20)15-16)28-25-21-10-4-1-7-17(21)18-8-2-5-11-22(18)25/h1-15,25-26,28H,27H2. The van der Waals surface area contributed by atoms with Crippen molar-refractivity contribution in [2.24, 2.45) is 0 Å². The summed E-state index contributed by atoms with van der Waals surface area (Å²) in [4.78, 5) is 0. The van der Waals surface area contributed by atoms with E-state index in [1.807, 2.05) is 6.07 Å². The normalized spacial score (nSPS) is 16.4. The summed E-state index contributed by atoms with van der Waals surface area (Å²) in [5, 5.41) is 3.97. The predicted octanol–water partition coefficient (Wildman–Crippen LogP) is 5.70. The number of nitrogens with one attached hydrogen (secondary N) is 1. The molecular weight excluding hydrogens is 340 g/mol. The Hall–Kier alpha value is -3.36. The molecule has 3 N–H and O–H groups in total. The highest BCUT2D eigenvalue weighted by Crippen LogP contribution is 2.48. The molecule has 0 saturated carbocycles. The second kappa shape index (κ2) is 5.82. The molecule has 0 amide bonds. The van der Waals surface area contributed by atoms with Crippen LogP contribution in [0.25, 0.3) is 22.3 Å². The number of nitrogen functional groups attached to an aromatic ring is 1. The van der Waals surface area contributed by atoms with Crippen LogP contribution in [0, 0.1) is 0 Å². The highest BCUT2D eigenvalue weighted by molar-refractivity contribution is 5.81. The molecule has 0 saturated heterocycles. The molecule has 0 bridgehead atoms. The molecule has 4 aromatic carbocycles. The Balaban J connectivity index is 1.51. The van der Waals surface area contributed by atoms with Gasteiger partial charge in [0.25, 0.3) is 0 Å². The van der Waals surface area contributed by atoms with Crippen LogP contribution in [0.2, 0.25) is 0 Å². The molecule has 134 valence electrons. The summed E-state index contributed by atoms with van der Waals surface area (Å²) in [6.45, 7) is 0. The lowest BCUT2D eigenvalue weighted by Crippen LogP contribution is -2.25. The summed E-state index contributed by atoms with van der Waals surface area (Å²) >= 11 is 0. The van der Waals surface area contributed by atoms with E-state index in [0.717, 1.165) is 5.69 Å². The number of anilines is 1. The van der Waals surface area contributed by atoms with E-state index in [4.69, 9.17) is 5.73 Å². The maximum Gasteiger partial charge on any atom is 0.0597 e. The van der Waals surface area contributed by atoms with E-state index in [9.17, 15) is 0 Å². The lowest BCUT2D eigenvalue weighted by atomic mass is 9.99. The molecule has 0 aromatic heterocycles. The average Bonchev–Trinajstić information content (AvgIpc) is 3.22. The fourth-order valence-corrected chi connectivity index (χ4v) is 4.91. The number of fused-ring (bicyclic) bond motifs is 6. The Kier molecular flexibility index (Phi) is 3.26. The van der Waals surface area contributed by atoms with Gasteiger partial charge in [-0.05, 0) is 56.6 Å². The number of rotatable bonds is 2. The van der Waals surface area contributed by atoms with Crippen molar-refractivity contribution in [3.8, 4) is 22.3 Å². The van der Waals surface area contributed by atoms with Crippen molar-refractivity contribution < 1.29 is 0 Å². The summed E-state index contributed by atoms with van der Waals surface area (Å²) in [5.74, 6) is 0. The van der Waals surface area contributed by atoms with Crippen molar-refractivity contribution in [2.75, 3.05) is 5.73 Å². The molecule has 2 aliphatic rings. The first-order chi connectivity index (χ1) is 13.8. The second-order valence-electron chi connectivity index (χ2n) is 7.64. The van der Waals surface area contributed by atoms with Crippen LogP contribution >= 0.6 is 0 Å². The Labute approximate surface area is 164 Å². The van der Waals surface area contributed by atoms with Gasteiger partial charge in [-0.25, -0.2) is 0 Å². The smallest absolute Gasteiger partial charge is 0.0597 e. The third-order valence-electron chi connectivity index (χ3n) is 6.12. The van der Waals surface area contributed by atoms with Gasteiger partial charge < -0.3 is 5.73 Å². The van der Waals surface area contributed by atoms with E-state index >= 15 is 0 Å². The Morgan fingerprint density at radius 1 is 0.500 bits per heavy atom. The average molecular weight is 360 g/mol. The molecule has 2 nitrogen and oxygen atoms in total. The lowest BCUT2D eigenvalue weighted by Gasteiger charge is -2.23. The molecule has 1 unspecified atom stereocenters. The van der Waals surface area contributed by atoms with Gasteiger partial charge in [0.05, 0.1) is 12.1 Å². The molecule has 0 spiro atoms. The van der Waals surface area contributed by atoms with Crippen LogP contribution < -0.4 is 11.1 Å². The summed E-state index contributed by atoms with van der Waals surface area (Å²) in [6.07, 6.45) is 0. The van der Waals surface area contributed by atoms with Crippen LogP contribution in [0.15, 0.2) is 91.0 Å². The van der Waals surface area contributed by atoms with Crippen LogP contribution in [-0.4, -0.2) is 0 Å². The van der Waals surface area contributed by atoms with Crippen LogP contribution in [-0.2, 0) is 0 Å². The summed E-state index contributed by atoms with van der Waals surface area (Å²) in [6, 6.07) is 32.7. The van der Waals surface area contributed by atoms with Crippen molar-refractivity contribution in [2.45, 2.75) is 12.1 Å². The highest BCUT2D eigenvalue weighted by Gasteiger charge is 2.34. The van der Waals surface area contributed by atoms with E-state index in [1.54, 1.807) is 0 Å². The van der Waals surface area contributed by atoms with Crippen LogP contribution in [0.3, 0.4) is 0 Å². The van der Waals surface area contributed by atoms with Crippen molar-refractivity contribution in [3.63, 3.8) is 0 Å². The van der Waals surface area contributed by atoms with Gasteiger partial charge >= 0.3 is 0 Å². The van der Waals surface area contributed by atoms with Gasteiger partial charge in [0.15, 0.2) is 0 Å². The number of benzene rings is 4. The third kappa shape index (κ3) is 2.12. The maximum atomic E-state index is 6.16. The zero-order valence-electron chi connectivity index (χ0n) is 15.4. The first-order valence-corrected chi connectivity index (χ1v) is 9.74. The minimum absolute atomic E-state index is 0.124. The monoisotopic (exact) mass is 360 g/mol. The van der Waals surface area contributed by atoms with Crippen molar-refractivity contribution >= 4 is 5.69 Å². The quantitative estimate of drug-likeness (QED) is 0.450. The molecule has 2 heteroatoms. The number of hydrogen-bond donors (Lipinski definition) is 2. The van der Waals surface area contributed by atoms with Crippen LogP contribution in [0.1, 0.15) is 34.3 Å². The molecule has 0 radical (unpaired) electrons. The van der Waals surface area contributed by atoms with Crippen molar-refractivity contribution in [1.29, 1.82) is 0 Å². The van der Waals surface area contributed by atoms with Gasteiger partial charge in [0.2, 0.25) is 0 Å². The summed E-state index contributed by atoms with van der Waals surface area (Å²) in [7, 11) is 0. The Bertz CT molecular complexity index is 1180. The van der Waals surface area contributed by atoms with E-state index in [-0.39, 0.29) is 12.1 Å². The minimum atomic E-state index is 0.124. The van der Waals surface area contributed by atoms with E-state index in [2.05, 4.69) is 90.2 Å². The first-order valence-electron chi connectivity index (χ1n) is 9.74. The highest BCUT2D eigenvalue weighted by atomic mass is 15.0. The van der Waals surface area contributed by atoms with E-state index in [0.29, 0.717) is 0 Å². The van der Waals surface area contributed by atoms with Crippen molar-refractivity contribution in [1.82, 2.24) is 5.32 Å². The zero-order chi connectivity index (χ0) is 18.7. The molecule has 2 aliphatic carbocycles. The molecule has 1 atom stereocenters. The van der Waals surface area contributed by atoms with Crippen LogP contribution in [0.5, 0.6) is 0 Å². The summed E-state index contributed by atoms with van der Waals surface area (Å²) in [5.41, 5.74) is 17.5. The topological polar surface area (TPSA) is 38.0 Å². The summed E-state index contributed by atoms with van der Waals surface area (Å²) < 4.78 is 0. The fourth-order valence-electron chi connectivity index (χ4n) is 4.91. The number of hydrogen-bond acceptors (Lipinski definition) is 2. The van der Waals surface area contributed by atoms with E-state index in [1.165, 1.54) is 44.5 Å². The molecule has 4 aromatic rings. The molecular formula is C26H20N2. The molecule has 28 heavy (non-hydrogen) atoms. The number of nitrogens with two attached hydrogens (primary N) is 1. The van der Waals surface area contributed by atoms with Crippen molar-refractivity contribution in [3.05, 3.63) is 113 Å². The second-order valence-corrected chi connectivity index (χ2v) is 7.64. The molecule has 0 aliphatic heterocycles. The first kappa shape index (κ1) is 15.7. The van der Waals surface area contributed by atoms with Gasteiger partial charge in [-0.3, -0.25) is 5.32 Å². The third-order valence-corrected chi connectivity index (χ3v) is 6.12. The van der Waals surface area contributed by atoms with Gasteiger partial charge in [0.1, 0.15) is 0 Å². The van der Waals surface area contributed by atoms with Gasteiger partial charge in [-0.15, -0.1) is 0 Å². The Morgan fingerprint density at radius 3 is 1.46 bits per heavy atom. The van der Waals surface area contributed by atoms with Crippen LogP contribution in [0.4, 0.5) is 5.69 Å². The van der Waals surface area contributed by atoms with Gasteiger partial charge in [-0.2, -0.15) is 0 Å². The SMILES string of the molecule is Nc1ccc2c(c1)C(NC1c3ccccc3-c3ccccc31)c1ccccc1-2. The zero-order valence-corrected chi connectivity index (χ0v) is 15.4.